The van der Waals surface area contributed by atoms with Gasteiger partial charge < -0.3 is 24.1 Å². The number of ether oxygens (including phenoxy) is 3. The van der Waals surface area contributed by atoms with Crippen LogP contribution in [-0.4, -0.2) is 52.5 Å². The monoisotopic (exact) mass is 928 g/mol. The fourth-order valence-electron chi connectivity index (χ4n) is 17.7. The predicted octanol–water partition coefficient (Wildman–Crippen LogP) is 12.8. The fourth-order valence-corrected chi connectivity index (χ4v) is 17.7. The normalized spacial score (nSPS) is 38.9. The van der Waals surface area contributed by atoms with Crippen LogP contribution in [0.4, 0.5) is 0 Å². The number of imidazole rings is 1. The number of hydrogen-bond donors (Lipinski definition) is 1. The largest absolute Gasteiger partial charge is 0.497 e. The molecule has 1 N–H and O–H groups in total. The maximum atomic E-state index is 15.7. The van der Waals surface area contributed by atoms with Crippen LogP contribution < -0.4 is 4.74 Å². The van der Waals surface area contributed by atoms with Gasteiger partial charge in [0.15, 0.2) is 0 Å². The second-order valence-electron chi connectivity index (χ2n) is 25.4. The van der Waals surface area contributed by atoms with Crippen molar-refractivity contribution in [1.82, 2.24) is 14.9 Å². The van der Waals surface area contributed by atoms with E-state index < -0.39 is 5.41 Å². The quantitative estimate of drug-likeness (QED) is 0.202. The highest BCUT2D eigenvalue weighted by Gasteiger charge is 2.73. The van der Waals surface area contributed by atoms with Crippen LogP contribution in [0.5, 0.6) is 5.75 Å². The number of esters is 2. The van der Waals surface area contributed by atoms with E-state index in [9.17, 15) is 9.59 Å². The number of hydrogen-bond acceptors (Lipinski definition) is 7. The van der Waals surface area contributed by atoms with E-state index in [1.165, 1.54) is 19.3 Å². The molecule has 1 amide bonds. The molecule has 0 bridgehead atoms. The topological polar surface area (TPSA) is 111 Å². The summed E-state index contributed by atoms with van der Waals surface area (Å²) in [6.07, 6.45) is 15.1. The van der Waals surface area contributed by atoms with Crippen molar-refractivity contribution in [2.75, 3.05) is 13.7 Å². The first-order valence-electron chi connectivity index (χ1n) is 26.7. The fraction of sp³-hybridized carbons (Fsp3) is 0.695. The second-order valence-corrected chi connectivity index (χ2v) is 25.4. The van der Waals surface area contributed by atoms with Crippen LogP contribution in [-0.2, 0) is 30.5 Å². The number of fused-ring (bicyclic) bond motifs is 7. The number of nitrogens with one attached hydrogen (secondary N) is 1. The van der Waals surface area contributed by atoms with Gasteiger partial charge >= 0.3 is 11.9 Å². The summed E-state index contributed by atoms with van der Waals surface area (Å²) in [4.78, 5) is 53.9. The molecule has 2 aromatic carbocycles. The number of amides is 1. The smallest absolute Gasteiger partial charge is 0.309 e. The lowest BCUT2D eigenvalue weighted by molar-refractivity contribution is -0.252. The molecular weight excluding hydrogens is 847 g/mol. The molecule has 2 heterocycles. The first kappa shape index (κ1) is 47.5. The van der Waals surface area contributed by atoms with Crippen molar-refractivity contribution in [3.8, 4) is 17.0 Å². The highest BCUT2D eigenvalue weighted by atomic mass is 16.5. The molecule has 0 spiro atoms. The van der Waals surface area contributed by atoms with Gasteiger partial charge in [0.1, 0.15) is 24.3 Å². The van der Waals surface area contributed by atoms with Gasteiger partial charge in [-0.15, -0.1) is 0 Å². The number of methoxy groups -OCH3 is 1. The van der Waals surface area contributed by atoms with Gasteiger partial charge in [-0.05, 0) is 176 Å². The van der Waals surface area contributed by atoms with E-state index in [1.807, 2.05) is 62.5 Å². The summed E-state index contributed by atoms with van der Waals surface area (Å²) in [5, 5.41) is 0. The Labute approximate surface area is 407 Å². The third-order valence-corrected chi connectivity index (χ3v) is 21.9. The molecule has 1 aliphatic heterocycles. The average molecular weight is 928 g/mol. The Hall–Kier alpha value is -4.14. The third-order valence-electron chi connectivity index (χ3n) is 21.9. The van der Waals surface area contributed by atoms with E-state index in [0.717, 1.165) is 92.7 Å². The van der Waals surface area contributed by atoms with Crippen LogP contribution >= 0.6 is 0 Å². The first-order valence-corrected chi connectivity index (χ1v) is 26.7. The summed E-state index contributed by atoms with van der Waals surface area (Å²) >= 11 is 0. The van der Waals surface area contributed by atoms with Gasteiger partial charge in [-0.25, -0.2) is 4.98 Å². The molecule has 3 aromatic rings. The molecule has 9 nitrogen and oxygen atoms in total. The minimum Gasteiger partial charge on any atom is -0.497 e. The van der Waals surface area contributed by atoms with Crippen molar-refractivity contribution in [3.05, 3.63) is 72.2 Å². The molecule has 1 saturated heterocycles. The summed E-state index contributed by atoms with van der Waals surface area (Å²) in [6, 6.07) is 17.8. The Morgan fingerprint density at radius 2 is 1.50 bits per heavy atom. The van der Waals surface area contributed by atoms with Crippen molar-refractivity contribution in [2.24, 2.45) is 79.8 Å². The Morgan fingerprint density at radius 1 is 0.765 bits per heavy atom. The number of nitrogens with zero attached hydrogens (tertiary/aromatic N) is 2. The Morgan fingerprint density at radius 3 is 2.21 bits per heavy atom. The van der Waals surface area contributed by atoms with Crippen LogP contribution in [0.3, 0.4) is 0 Å². The number of aromatic amines is 1. The number of carbonyl (C=O) groups is 3. The zero-order chi connectivity index (χ0) is 48.2. The van der Waals surface area contributed by atoms with Crippen LogP contribution in [0.15, 0.2) is 60.8 Å². The molecule has 0 radical (unpaired) electrons. The third kappa shape index (κ3) is 7.16. The lowest BCUT2D eigenvalue weighted by Crippen LogP contribution is -2.67. The van der Waals surface area contributed by atoms with Crippen molar-refractivity contribution >= 4 is 17.8 Å². The Bertz CT molecular complexity index is 2370. The minimum absolute atomic E-state index is 0.0248. The zero-order valence-electron chi connectivity index (χ0n) is 43.0. The summed E-state index contributed by atoms with van der Waals surface area (Å²) in [5.74, 6) is 4.14. The maximum absolute atomic E-state index is 15.7. The molecule has 13 atom stereocenters. The standard InChI is InChI=1S/C59H81N3O6/c1-36(2)40-24-29-59(53(65)62-32-14-17-45(62)50-60-34-44(61-50)38-18-20-39(66-10)21-19-38)31-30-57(8)41(49(40)59)22-23-47-56(7)27-26-48(55(5,6)46(56)25-28-58(47,57)9)68-52(64)43-33-42(54(43,3)4)51(63)67-35-37-15-12-11-13-16-37/h11-13,15-16,18-21,34,36,40-43,45-49H,14,17,22-33,35H2,1-10H3,(H,60,61)/t40?,41-,42+,43-,45+,46+,47-,48+,49-,56+,57-,58-,59+/m1/s1. The van der Waals surface area contributed by atoms with Crippen molar-refractivity contribution in [1.29, 1.82) is 0 Å². The lowest BCUT2D eigenvalue weighted by atomic mass is 9.32. The van der Waals surface area contributed by atoms with E-state index in [0.29, 0.717) is 47.8 Å². The molecule has 6 saturated carbocycles. The summed E-state index contributed by atoms with van der Waals surface area (Å²) in [6.45, 7) is 22.7. The average Bonchev–Trinajstić information content (AvgIpc) is 4.09. The summed E-state index contributed by atoms with van der Waals surface area (Å²) in [5.41, 5.74) is 2.41. The highest BCUT2D eigenvalue weighted by molar-refractivity contribution is 5.85. The maximum Gasteiger partial charge on any atom is 0.309 e. The van der Waals surface area contributed by atoms with E-state index in [2.05, 4.69) is 70.5 Å². The van der Waals surface area contributed by atoms with Gasteiger partial charge in [-0.1, -0.05) is 92.6 Å². The minimum atomic E-state index is -0.521. The predicted molar refractivity (Wildman–Crippen MR) is 265 cm³/mol. The van der Waals surface area contributed by atoms with Crippen molar-refractivity contribution < 1.29 is 28.6 Å². The molecule has 9 heteroatoms. The number of rotatable bonds is 10. The molecule has 10 rings (SSSR count). The Balaban J connectivity index is 0.844. The number of H-pyrrole nitrogens is 1. The van der Waals surface area contributed by atoms with E-state index >= 15 is 4.79 Å². The van der Waals surface area contributed by atoms with Gasteiger partial charge in [0, 0.05) is 12.0 Å². The SMILES string of the molecule is COc1ccc(-c2cnc([C@@H]3CCCN3C(=O)[C@]34CCC(C(C)C)[C@@H]3[C@H]3CC[C@@H]5[C@@]6(C)CC[C@H](OC(=O)[C@H]7C[C@@H](C(=O)OCc8ccccc8)C7(C)C)C(C)(C)[C@@H]6CC[C@@]5(C)[C@]3(C)CC4)[nH]2)cc1. The van der Waals surface area contributed by atoms with Crippen LogP contribution in [0.25, 0.3) is 11.3 Å². The number of benzene rings is 2. The summed E-state index contributed by atoms with van der Waals surface area (Å²) < 4.78 is 17.8. The van der Waals surface area contributed by atoms with Crippen molar-refractivity contribution in [3.63, 3.8) is 0 Å². The molecular formula is C59H81N3O6. The van der Waals surface area contributed by atoms with Crippen LogP contribution in [0.2, 0.25) is 0 Å². The summed E-state index contributed by atoms with van der Waals surface area (Å²) in [7, 11) is 1.69. The first-order chi connectivity index (χ1) is 32.3. The molecule has 68 heavy (non-hydrogen) atoms. The van der Waals surface area contributed by atoms with E-state index in [-0.39, 0.29) is 69.6 Å². The van der Waals surface area contributed by atoms with E-state index in [1.54, 1.807) is 7.11 Å². The van der Waals surface area contributed by atoms with Crippen LogP contribution in [0.1, 0.15) is 163 Å². The molecule has 368 valence electrons. The molecule has 7 aliphatic rings. The zero-order valence-corrected chi connectivity index (χ0v) is 43.0. The molecule has 7 fully saturated rings. The second kappa shape index (κ2) is 17.0. The van der Waals surface area contributed by atoms with Crippen LogP contribution in [0, 0.1) is 79.8 Å². The van der Waals surface area contributed by atoms with Gasteiger partial charge in [0.25, 0.3) is 0 Å². The van der Waals surface area contributed by atoms with Crippen molar-refractivity contribution in [2.45, 2.75) is 165 Å². The van der Waals surface area contributed by atoms with Gasteiger partial charge in [-0.2, -0.15) is 0 Å². The van der Waals surface area contributed by atoms with Gasteiger partial charge in [-0.3, -0.25) is 14.4 Å². The highest BCUT2D eigenvalue weighted by Crippen LogP contribution is 2.78. The van der Waals surface area contributed by atoms with Gasteiger partial charge in [0.2, 0.25) is 5.91 Å². The molecule has 1 aromatic heterocycles. The Kier molecular flexibility index (Phi) is 11.9. The lowest BCUT2D eigenvalue weighted by Gasteiger charge is -2.73. The number of aromatic nitrogens is 2. The van der Waals surface area contributed by atoms with Gasteiger partial charge in [0.05, 0.1) is 42.3 Å². The molecule has 6 aliphatic carbocycles. The number of likely N-dealkylation sites (tertiary alicyclic amines) is 1. The number of carbonyl (C=O) groups excluding carboxylic acids is 3. The molecule has 1 unspecified atom stereocenters. The van der Waals surface area contributed by atoms with E-state index in [4.69, 9.17) is 19.2 Å².